The van der Waals surface area contributed by atoms with Crippen LogP contribution in [0.3, 0.4) is 0 Å². The Morgan fingerprint density at radius 1 is 1.50 bits per heavy atom. The minimum absolute atomic E-state index is 0.0276. The molecule has 2 heterocycles. The largest absolute Gasteiger partial charge is 0.303 e. The van der Waals surface area contributed by atoms with Crippen molar-refractivity contribution in [2.75, 3.05) is 0 Å². The Bertz CT molecular complexity index is 660. The Morgan fingerprint density at radius 2 is 2.33 bits per heavy atom. The van der Waals surface area contributed by atoms with Crippen LogP contribution in [0.15, 0.2) is 12.3 Å². The van der Waals surface area contributed by atoms with E-state index in [4.69, 9.17) is 11.6 Å². The standard InChI is InChI=1S/C13H12ClN3O/c14-10-4-11-15-6-9-8(7-18)5-13(2-1-3-13)12(9)17(11)16-10/h4,6-8H,1-3,5H2/t8-/m0/s1. The predicted molar refractivity (Wildman–Crippen MR) is 66.9 cm³/mol. The molecule has 4 nitrogen and oxygen atoms in total. The summed E-state index contributed by atoms with van der Waals surface area (Å²) >= 11 is 5.97. The second-order valence-corrected chi connectivity index (χ2v) is 5.77. The SMILES string of the molecule is O=C[C@@H]1CC2(CCC2)c2c1cnc1cc(Cl)nn21. The van der Waals surface area contributed by atoms with Gasteiger partial charge in [0, 0.05) is 29.2 Å². The lowest BCUT2D eigenvalue weighted by atomic mass is 9.66. The molecule has 0 amide bonds. The number of rotatable bonds is 1. The molecule has 2 aliphatic rings. The van der Waals surface area contributed by atoms with Gasteiger partial charge in [0.15, 0.2) is 10.8 Å². The lowest BCUT2D eigenvalue weighted by Crippen LogP contribution is -2.33. The lowest BCUT2D eigenvalue weighted by molar-refractivity contribution is -0.109. The molecule has 1 atom stereocenters. The molecule has 4 rings (SSSR count). The third-order valence-corrected chi connectivity index (χ3v) is 4.65. The Labute approximate surface area is 109 Å². The summed E-state index contributed by atoms with van der Waals surface area (Å²) in [7, 11) is 0. The average Bonchev–Trinajstić information content (AvgIpc) is 2.84. The molecule has 1 spiro atoms. The molecule has 18 heavy (non-hydrogen) atoms. The maximum absolute atomic E-state index is 11.3. The molecule has 2 aromatic heterocycles. The molecule has 2 aromatic rings. The highest BCUT2D eigenvalue weighted by Gasteiger charge is 2.49. The van der Waals surface area contributed by atoms with Crippen LogP contribution >= 0.6 is 11.6 Å². The van der Waals surface area contributed by atoms with Gasteiger partial charge in [-0.3, -0.25) is 0 Å². The van der Waals surface area contributed by atoms with Gasteiger partial charge in [0.2, 0.25) is 0 Å². The summed E-state index contributed by atoms with van der Waals surface area (Å²) in [6.45, 7) is 0. The van der Waals surface area contributed by atoms with Gasteiger partial charge in [-0.2, -0.15) is 5.10 Å². The van der Waals surface area contributed by atoms with E-state index in [0.717, 1.165) is 36.8 Å². The summed E-state index contributed by atoms with van der Waals surface area (Å²) in [5.41, 5.74) is 3.12. The van der Waals surface area contributed by atoms with Crippen LogP contribution < -0.4 is 0 Å². The molecule has 5 heteroatoms. The number of halogens is 1. The van der Waals surface area contributed by atoms with E-state index >= 15 is 0 Å². The first-order valence-electron chi connectivity index (χ1n) is 6.23. The van der Waals surface area contributed by atoms with Crippen molar-refractivity contribution in [1.29, 1.82) is 0 Å². The zero-order valence-electron chi connectivity index (χ0n) is 9.77. The van der Waals surface area contributed by atoms with Gasteiger partial charge in [-0.05, 0) is 19.3 Å². The second kappa shape index (κ2) is 3.32. The maximum atomic E-state index is 11.3. The molecule has 1 fully saturated rings. The molecule has 1 saturated carbocycles. The van der Waals surface area contributed by atoms with Crippen molar-refractivity contribution in [1.82, 2.24) is 14.6 Å². The minimum Gasteiger partial charge on any atom is -0.303 e. The monoisotopic (exact) mass is 261 g/mol. The van der Waals surface area contributed by atoms with E-state index in [2.05, 4.69) is 10.1 Å². The third-order valence-electron chi connectivity index (χ3n) is 4.47. The molecule has 0 aliphatic heterocycles. The molecule has 0 aromatic carbocycles. The van der Waals surface area contributed by atoms with Crippen LogP contribution in [-0.2, 0) is 10.2 Å². The molecule has 0 saturated heterocycles. The van der Waals surface area contributed by atoms with Crippen LogP contribution in [0, 0.1) is 0 Å². The summed E-state index contributed by atoms with van der Waals surface area (Å²) in [4.78, 5) is 15.6. The highest BCUT2D eigenvalue weighted by atomic mass is 35.5. The fourth-order valence-corrected chi connectivity index (χ4v) is 3.69. The quantitative estimate of drug-likeness (QED) is 0.741. The van der Waals surface area contributed by atoms with E-state index in [-0.39, 0.29) is 11.3 Å². The molecule has 92 valence electrons. The fourth-order valence-electron chi connectivity index (χ4n) is 3.51. The van der Waals surface area contributed by atoms with Crippen LogP contribution in [0.4, 0.5) is 0 Å². The summed E-state index contributed by atoms with van der Waals surface area (Å²) in [5, 5.41) is 4.79. The molecule has 0 unspecified atom stereocenters. The van der Waals surface area contributed by atoms with Crippen molar-refractivity contribution in [3.05, 3.63) is 28.7 Å². The molecular weight excluding hydrogens is 250 g/mol. The van der Waals surface area contributed by atoms with Crippen LogP contribution in [0.2, 0.25) is 5.15 Å². The van der Waals surface area contributed by atoms with Crippen molar-refractivity contribution >= 4 is 23.5 Å². The third kappa shape index (κ3) is 1.14. The molecule has 0 bridgehead atoms. The Hall–Kier alpha value is -1.42. The molecule has 0 N–H and O–H groups in total. The van der Waals surface area contributed by atoms with E-state index in [0.29, 0.717) is 5.15 Å². The van der Waals surface area contributed by atoms with Gasteiger partial charge in [-0.1, -0.05) is 18.0 Å². The normalized spacial score (nSPS) is 24.2. The maximum Gasteiger partial charge on any atom is 0.156 e. The number of nitrogens with zero attached hydrogens (tertiary/aromatic N) is 3. The number of carbonyl (C=O) groups is 1. The van der Waals surface area contributed by atoms with E-state index in [1.54, 1.807) is 6.07 Å². The smallest absolute Gasteiger partial charge is 0.156 e. The van der Waals surface area contributed by atoms with Gasteiger partial charge >= 0.3 is 0 Å². The van der Waals surface area contributed by atoms with Crippen LogP contribution in [-0.4, -0.2) is 20.9 Å². The highest BCUT2D eigenvalue weighted by molar-refractivity contribution is 6.29. The van der Waals surface area contributed by atoms with E-state index in [1.165, 1.54) is 12.1 Å². The van der Waals surface area contributed by atoms with Crippen LogP contribution in [0.5, 0.6) is 0 Å². The zero-order valence-corrected chi connectivity index (χ0v) is 10.5. The van der Waals surface area contributed by atoms with Crippen molar-refractivity contribution in [2.45, 2.75) is 37.0 Å². The van der Waals surface area contributed by atoms with Crippen LogP contribution in [0.1, 0.15) is 42.9 Å². The van der Waals surface area contributed by atoms with E-state index in [1.807, 2.05) is 10.7 Å². The first kappa shape index (κ1) is 10.5. The zero-order chi connectivity index (χ0) is 12.3. The minimum atomic E-state index is -0.0276. The van der Waals surface area contributed by atoms with Gasteiger partial charge in [0.1, 0.15) is 6.29 Å². The van der Waals surface area contributed by atoms with Crippen molar-refractivity contribution < 1.29 is 4.79 Å². The first-order valence-corrected chi connectivity index (χ1v) is 6.61. The van der Waals surface area contributed by atoms with Crippen molar-refractivity contribution in [2.24, 2.45) is 0 Å². The van der Waals surface area contributed by atoms with Gasteiger partial charge in [0.25, 0.3) is 0 Å². The first-order chi connectivity index (χ1) is 8.73. The molecule has 0 radical (unpaired) electrons. The van der Waals surface area contributed by atoms with Crippen molar-refractivity contribution in [3.63, 3.8) is 0 Å². The fraction of sp³-hybridized carbons (Fsp3) is 0.462. The van der Waals surface area contributed by atoms with E-state index < -0.39 is 0 Å². The van der Waals surface area contributed by atoms with E-state index in [9.17, 15) is 4.79 Å². The second-order valence-electron chi connectivity index (χ2n) is 5.38. The number of aromatic nitrogens is 3. The Balaban J connectivity index is 2.06. The van der Waals surface area contributed by atoms with Gasteiger partial charge < -0.3 is 4.79 Å². The highest BCUT2D eigenvalue weighted by Crippen LogP contribution is 2.55. The number of fused-ring (bicyclic) bond motifs is 4. The number of aldehydes is 1. The summed E-state index contributed by atoms with van der Waals surface area (Å²) in [6, 6.07) is 1.77. The van der Waals surface area contributed by atoms with Gasteiger partial charge in [0.05, 0.1) is 5.69 Å². The summed E-state index contributed by atoms with van der Waals surface area (Å²) in [5.74, 6) is -0.0276. The molecular formula is C13H12ClN3O. The number of hydrogen-bond acceptors (Lipinski definition) is 3. The molecule has 2 aliphatic carbocycles. The topological polar surface area (TPSA) is 47.3 Å². The summed E-state index contributed by atoms with van der Waals surface area (Å²) in [6.07, 6.45) is 7.29. The Kier molecular flexibility index (Phi) is 1.94. The Morgan fingerprint density at radius 3 is 3.00 bits per heavy atom. The average molecular weight is 262 g/mol. The van der Waals surface area contributed by atoms with Crippen LogP contribution in [0.25, 0.3) is 5.65 Å². The van der Waals surface area contributed by atoms with Gasteiger partial charge in [-0.15, -0.1) is 0 Å². The number of hydrogen-bond donors (Lipinski definition) is 0. The number of carbonyl (C=O) groups excluding carboxylic acids is 1. The summed E-state index contributed by atoms with van der Waals surface area (Å²) < 4.78 is 1.85. The van der Waals surface area contributed by atoms with Gasteiger partial charge in [-0.25, -0.2) is 9.50 Å². The lowest BCUT2D eigenvalue weighted by Gasteiger charge is -2.39. The predicted octanol–water partition coefficient (Wildman–Crippen LogP) is 2.49. The van der Waals surface area contributed by atoms with Crippen molar-refractivity contribution in [3.8, 4) is 0 Å².